The maximum absolute atomic E-state index is 11.6. The van der Waals surface area contributed by atoms with Crippen LogP contribution in [0, 0.1) is 21.4 Å². The number of nitro groups is 1. The molecule has 0 N–H and O–H groups in total. The fourth-order valence-electron chi connectivity index (χ4n) is 2.51. The second kappa shape index (κ2) is 7.40. The number of hydrogen-bond donors (Lipinski definition) is 0. The number of anilines is 1. The predicted octanol–water partition coefficient (Wildman–Crippen LogP) is 2.67. The molecule has 7 heteroatoms. The Balaban J connectivity index is 2.37. The van der Waals surface area contributed by atoms with Gasteiger partial charge in [-0.1, -0.05) is 6.07 Å². The Morgan fingerprint density at radius 1 is 1.48 bits per heavy atom. The van der Waals surface area contributed by atoms with Gasteiger partial charge < -0.3 is 9.64 Å². The van der Waals surface area contributed by atoms with Crippen molar-refractivity contribution in [3.8, 4) is 6.07 Å². The molecule has 0 aliphatic carbocycles. The molecule has 23 heavy (non-hydrogen) atoms. The van der Waals surface area contributed by atoms with Crippen LogP contribution in [0.5, 0.6) is 0 Å². The van der Waals surface area contributed by atoms with Crippen molar-refractivity contribution in [2.24, 2.45) is 0 Å². The Labute approximate surface area is 133 Å². The van der Waals surface area contributed by atoms with Gasteiger partial charge in [0.15, 0.2) is 0 Å². The summed E-state index contributed by atoms with van der Waals surface area (Å²) in [6.45, 7) is 3.39. The molecule has 120 valence electrons. The lowest BCUT2D eigenvalue weighted by Crippen LogP contribution is -2.18. The lowest BCUT2D eigenvalue weighted by molar-refractivity contribution is -0.384. The van der Waals surface area contributed by atoms with Crippen LogP contribution < -0.4 is 4.90 Å². The number of hydrogen-bond acceptors (Lipinski definition) is 6. The van der Waals surface area contributed by atoms with Gasteiger partial charge >= 0.3 is 5.97 Å². The highest BCUT2D eigenvalue weighted by Crippen LogP contribution is 2.32. The summed E-state index contributed by atoms with van der Waals surface area (Å²) < 4.78 is 4.78. The molecule has 0 amide bonds. The van der Waals surface area contributed by atoms with Gasteiger partial charge in [-0.05, 0) is 37.5 Å². The molecule has 1 heterocycles. The molecule has 0 bridgehead atoms. The van der Waals surface area contributed by atoms with Crippen LogP contribution in [0.1, 0.15) is 25.3 Å². The minimum absolute atomic E-state index is 0.0261. The molecule has 1 aromatic rings. The summed E-state index contributed by atoms with van der Waals surface area (Å²) >= 11 is 0. The number of nitro benzene ring substituents is 1. The van der Waals surface area contributed by atoms with Crippen LogP contribution in [0.3, 0.4) is 0 Å². The highest BCUT2D eigenvalue weighted by molar-refractivity contribution is 5.98. The zero-order valence-electron chi connectivity index (χ0n) is 12.8. The third-order valence-electron chi connectivity index (χ3n) is 3.57. The zero-order valence-corrected chi connectivity index (χ0v) is 12.8. The lowest BCUT2D eigenvalue weighted by Gasteiger charge is -2.17. The molecule has 0 atom stereocenters. The standard InChI is InChI=1S/C16H17N3O4/c1-2-23-16(20)13(11-17)9-12-5-6-14(15(10-12)19(21)22)18-7-3-4-8-18/h5-6,9-10H,2-4,7-8H2,1H3. The first kappa shape index (κ1) is 16.5. The van der Waals surface area contributed by atoms with Gasteiger partial charge in [0.05, 0.1) is 11.5 Å². The highest BCUT2D eigenvalue weighted by Gasteiger charge is 2.22. The first-order chi connectivity index (χ1) is 11.1. The zero-order chi connectivity index (χ0) is 16.8. The summed E-state index contributed by atoms with van der Waals surface area (Å²) in [6.07, 6.45) is 3.33. The van der Waals surface area contributed by atoms with Crippen LogP contribution in [-0.4, -0.2) is 30.6 Å². The Kier molecular flexibility index (Phi) is 5.31. The number of benzene rings is 1. The van der Waals surface area contributed by atoms with Gasteiger partial charge in [0.2, 0.25) is 0 Å². The molecule has 0 spiro atoms. The molecule has 1 aliphatic rings. The number of rotatable bonds is 5. The predicted molar refractivity (Wildman–Crippen MR) is 84.8 cm³/mol. The topological polar surface area (TPSA) is 96.5 Å². The van der Waals surface area contributed by atoms with Crippen LogP contribution in [0.25, 0.3) is 6.08 Å². The van der Waals surface area contributed by atoms with Gasteiger partial charge in [0.1, 0.15) is 17.3 Å². The van der Waals surface area contributed by atoms with Crippen LogP contribution in [0.2, 0.25) is 0 Å². The van der Waals surface area contributed by atoms with Crippen molar-refractivity contribution in [2.45, 2.75) is 19.8 Å². The summed E-state index contributed by atoms with van der Waals surface area (Å²) in [5.41, 5.74) is 0.778. The van der Waals surface area contributed by atoms with Crippen molar-refractivity contribution in [2.75, 3.05) is 24.6 Å². The van der Waals surface area contributed by atoms with Gasteiger partial charge in [0.25, 0.3) is 5.69 Å². The number of carbonyl (C=O) groups is 1. The monoisotopic (exact) mass is 315 g/mol. The number of esters is 1. The van der Waals surface area contributed by atoms with Crippen molar-refractivity contribution in [3.63, 3.8) is 0 Å². The van der Waals surface area contributed by atoms with Crippen molar-refractivity contribution in [3.05, 3.63) is 39.4 Å². The second-order valence-corrected chi connectivity index (χ2v) is 5.09. The first-order valence-corrected chi connectivity index (χ1v) is 7.39. The molecular formula is C16H17N3O4. The maximum Gasteiger partial charge on any atom is 0.348 e. The molecule has 0 unspecified atom stereocenters. The van der Waals surface area contributed by atoms with E-state index in [9.17, 15) is 14.9 Å². The summed E-state index contributed by atoms with van der Waals surface area (Å²) in [5, 5.41) is 20.4. The Bertz CT molecular complexity index is 685. The largest absolute Gasteiger partial charge is 0.462 e. The van der Waals surface area contributed by atoms with E-state index in [1.165, 1.54) is 12.1 Å². The Hall–Kier alpha value is -2.88. The van der Waals surface area contributed by atoms with Crippen LogP contribution in [0.15, 0.2) is 23.8 Å². The average Bonchev–Trinajstić information content (AvgIpc) is 3.06. The van der Waals surface area contributed by atoms with Crippen molar-refractivity contribution in [1.82, 2.24) is 0 Å². The molecule has 2 rings (SSSR count). The van der Waals surface area contributed by atoms with E-state index in [-0.39, 0.29) is 17.9 Å². The molecule has 1 aromatic carbocycles. The Morgan fingerprint density at radius 2 is 2.17 bits per heavy atom. The number of nitriles is 1. The number of nitrogens with zero attached hydrogens (tertiary/aromatic N) is 3. The highest BCUT2D eigenvalue weighted by atomic mass is 16.6. The van der Waals surface area contributed by atoms with Crippen molar-refractivity contribution >= 4 is 23.4 Å². The smallest absolute Gasteiger partial charge is 0.348 e. The van der Waals surface area contributed by atoms with E-state index in [0.29, 0.717) is 11.3 Å². The number of carbonyl (C=O) groups excluding carboxylic acids is 1. The van der Waals surface area contributed by atoms with E-state index >= 15 is 0 Å². The number of ether oxygens (including phenoxy) is 1. The minimum atomic E-state index is -0.735. The molecule has 1 aliphatic heterocycles. The van der Waals surface area contributed by atoms with E-state index in [2.05, 4.69) is 0 Å². The Morgan fingerprint density at radius 3 is 2.74 bits per heavy atom. The van der Waals surface area contributed by atoms with E-state index in [1.807, 2.05) is 4.90 Å². The average molecular weight is 315 g/mol. The van der Waals surface area contributed by atoms with Gasteiger partial charge in [-0.15, -0.1) is 0 Å². The van der Waals surface area contributed by atoms with Gasteiger partial charge in [-0.3, -0.25) is 10.1 Å². The normalized spacial score (nSPS) is 14.4. The molecule has 0 saturated carbocycles. The summed E-state index contributed by atoms with van der Waals surface area (Å²) in [4.78, 5) is 24.5. The van der Waals surface area contributed by atoms with Crippen LogP contribution >= 0.6 is 0 Å². The molecule has 1 saturated heterocycles. The van der Waals surface area contributed by atoms with E-state index < -0.39 is 10.9 Å². The summed E-state index contributed by atoms with van der Waals surface area (Å²) in [7, 11) is 0. The third-order valence-corrected chi connectivity index (χ3v) is 3.57. The SMILES string of the molecule is CCOC(=O)C(C#N)=Cc1ccc(N2CCCC2)c([N+](=O)[O-])c1. The van der Waals surface area contributed by atoms with Crippen LogP contribution in [0.4, 0.5) is 11.4 Å². The summed E-state index contributed by atoms with van der Waals surface area (Å²) in [5.74, 6) is -0.735. The lowest BCUT2D eigenvalue weighted by atomic mass is 10.1. The third kappa shape index (κ3) is 3.86. The summed E-state index contributed by atoms with van der Waals surface area (Å²) in [6, 6.07) is 6.47. The maximum atomic E-state index is 11.6. The van der Waals surface area contributed by atoms with E-state index in [4.69, 9.17) is 10.00 Å². The molecule has 0 radical (unpaired) electrons. The molecule has 1 fully saturated rings. The quantitative estimate of drug-likeness (QED) is 0.272. The van der Waals surface area contributed by atoms with Gasteiger partial charge in [-0.2, -0.15) is 5.26 Å². The van der Waals surface area contributed by atoms with Crippen LogP contribution in [-0.2, 0) is 9.53 Å². The fourth-order valence-corrected chi connectivity index (χ4v) is 2.51. The minimum Gasteiger partial charge on any atom is -0.462 e. The molecule has 7 nitrogen and oxygen atoms in total. The fraction of sp³-hybridized carbons (Fsp3) is 0.375. The van der Waals surface area contributed by atoms with Crippen molar-refractivity contribution in [1.29, 1.82) is 5.26 Å². The van der Waals surface area contributed by atoms with E-state index in [1.54, 1.807) is 25.1 Å². The van der Waals surface area contributed by atoms with Gasteiger partial charge in [-0.25, -0.2) is 4.79 Å². The van der Waals surface area contributed by atoms with E-state index in [0.717, 1.165) is 25.9 Å². The van der Waals surface area contributed by atoms with Gasteiger partial charge in [0, 0.05) is 19.2 Å². The second-order valence-electron chi connectivity index (χ2n) is 5.09. The molecular weight excluding hydrogens is 298 g/mol. The first-order valence-electron chi connectivity index (χ1n) is 7.39. The molecule has 0 aromatic heterocycles. The van der Waals surface area contributed by atoms with Crippen molar-refractivity contribution < 1.29 is 14.5 Å².